The van der Waals surface area contributed by atoms with Gasteiger partial charge in [0.05, 0.1) is 39.3 Å². The van der Waals surface area contributed by atoms with Crippen molar-refractivity contribution in [2.75, 3.05) is 31.0 Å². The van der Waals surface area contributed by atoms with Gasteiger partial charge in [0.25, 0.3) is 0 Å². The van der Waals surface area contributed by atoms with E-state index in [0.29, 0.717) is 28.2 Å². The molecule has 44 heavy (non-hydrogen) atoms. The van der Waals surface area contributed by atoms with E-state index in [1.165, 1.54) is 59.7 Å². The largest absolute Gasteiger partial charge is 0.453 e. The van der Waals surface area contributed by atoms with E-state index in [9.17, 15) is 18.0 Å². The van der Waals surface area contributed by atoms with Crippen LogP contribution in [0.25, 0.3) is 20.8 Å². The molecular formula is C30H30FN5O6S2. The Bertz CT molecular complexity index is 1980. The number of carbonyl (C=O) groups is 2. The van der Waals surface area contributed by atoms with Crippen LogP contribution >= 0.6 is 11.3 Å². The van der Waals surface area contributed by atoms with Gasteiger partial charge in [-0.3, -0.25) is 9.97 Å². The third kappa shape index (κ3) is 7.10. The minimum atomic E-state index is -3.45. The van der Waals surface area contributed by atoms with Gasteiger partial charge in [0.1, 0.15) is 5.75 Å². The van der Waals surface area contributed by atoms with Gasteiger partial charge in [-0.05, 0) is 48.0 Å². The summed E-state index contributed by atoms with van der Waals surface area (Å²) in [4.78, 5) is 35.3. The number of pyridine rings is 2. The number of amides is 3. The minimum Gasteiger partial charge on any atom is -0.453 e. The fraction of sp³-hybridized carbons (Fsp3) is 0.133. The number of hydrogen-bond acceptors (Lipinski definition) is 9. The Morgan fingerprint density at radius 3 is 2.45 bits per heavy atom. The first-order valence-corrected chi connectivity index (χ1v) is 15.7. The van der Waals surface area contributed by atoms with E-state index in [0.717, 1.165) is 22.8 Å². The number of methoxy groups -OCH3 is 1. The minimum absolute atomic E-state index is 0. The smallest absolute Gasteiger partial charge is 0.409 e. The van der Waals surface area contributed by atoms with Gasteiger partial charge in [-0.1, -0.05) is 12.1 Å². The zero-order valence-corrected chi connectivity index (χ0v) is 25.3. The second-order valence-electron chi connectivity index (χ2n) is 9.64. The summed E-state index contributed by atoms with van der Waals surface area (Å²) in [6, 6.07) is 16.3. The first-order chi connectivity index (χ1) is 21.0. The maximum atomic E-state index is 15.1. The highest BCUT2D eigenvalue weighted by atomic mass is 32.2. The molecule has 2 N–H and O–H groups in total. The van der Waals surface area contributed by atoms with Crippen LogP contribution in [0.5, 0.6) is 11.5 Å². The Balaban J connectivity index is 0.00000288. The zero-order chi connectivity index (χ0) is 31.4. The number of rotatable bonds is 8. The number of anilines is 2. The molecule has 3 heterocycles. The molecule has 5 rings (SSSR count). The molecule has 0 unspecified atom stereocenters. The molecule has 0 aliphatic rings. The van der Waals surface area contributed by atoms with Crippen LogP contribution in [0.15, 0.2) is 84.0 Å². The average molecular weight is 640 g/mol. The van der Waals surface area contributed by atoms with E-state index < -0.39 is 27.8 Å². The van der Waals surface area contributed by atoms with Gasteiger partial charge in [0.15, 0.2) is 21.4 Å². The molecule has 0 aliphatic heterocycles. The highest BCUT2D eigenvalue weighted by molar-refractivity contribution is 7.90. The van der Waals surface area contributed by atoms with Crippen LogP contribution < -0.4 is 15.4 Å². The van der Waals surface area contributed by atoms with Gasteiger partial charge in [0.2, 0.25) is 0 Å². The van der Waals surface area contributed by atoms with Gasteiger partial charge in [-0.2, -0.15) is 0 Å². The first kappa shape index (κ1) is 30.4. The normalized spacial score (nSPS) is 11.2. The van der Waals surface area contributed by atoms with Crippen molar-refractivity contribution in [3.05, 3.63) is 90.5 Å². The molecule has 0 radical (unpaired) electrons. The van der Waals surface area contributed by atoms with Crippen LogP contribution in [-0.2, 0) is 21.1 Å². The third-order valence-electron chi connectivity index (χ3n) is 6.29. The molecular weight excluding hydrogens is 609 g/mol. The molecule has 0 bridgehead atoms. The average Bonchev–Trinajstić information content (AvgIpc) is 3.43. The van der Waals surface area contributed by atoms with E-state index >= 15 is 4.39 Å². The number of urea groups is 1. The Kier molecular flexibility index (Phi) is 8.73. The van der Waals surface area contributed by atoms with Crippen LogP contribution in [0.3, 0.4) is 0 Å². The van der Waals surface area contributed by atoms with E-state index in [4.69, 9.17) is 9.47 Å². The molecule has 230 valence electrons. The van der Waals surface area contributed by atoms with E-state index in [1.807, 2.05) is 18.2 Å². The number of hydrogen-bond donors (Lipinski definition) is 2. The summed E-state index contributed by atoms with van der Waals surface area (Å²) < 4.78 is 49.9. The number of sulfone groups is 1. The third-order valence-corrected chi connectivity index (χ3v) is 8.56. The van der Waals surface area contributed by atoms with Gasteiger partial charge in [0, 0.05) is 52.1 Å². The summed E-state index contributed by atoms with van der Waals surface area (Å²) in [6.07, 6.45) is 3.87. The van der Waals surface area contributed by atoms with Crippen molar-refractivity contribution in [2.45, 2.75) is 11.4 Å². The van der Waals surface area contributed by atoms with Crippen molar-refractivity contribution >= 4 is 54.9 Å². The lowest BCUT2D eigenvalue weighted by Crippen LogP contribution is -2.25. The summed E-state index contributed by atoms with van der Waals surface area (Å²) in [5.41, 5.74) is 2.61. The van der Waals surface area contributed by atoms with Crippen LogP contribution in [-0.4, -0.2) is 55.8 Å². The van der Waals surface area contributed by atoms with Crippen LogP contribution in [0.2, 0.25) is 0 Å². The number of halogens is 1. The maximum Gasteiger partial charge on any atom is 0.409 e. The molecule has 0 saturated heterocycles. The number of nitrogens with one attached hydrogen (secondary N) is 2. The molecule has 3 amide bonds. The maximum absolute atomic E-state index is 15.1. The summed E-state index contributed by atoms with van der Waals surface area (Å²) >= 11 is 1.39. The van der Waals surface area contributed by atoms with Crippen LogP contribution in [0, 0.1) is 5.82 Å². The van der Waals surface area contributed by atoms with Crippen molar-refractivity contribution in [2.24, 2.45) is 0 Å². The zero-order valence-electron chi connectivity index (χ0n) is 23.7. The molecule has 2 aromatic carbocycles. The van der Waals surface area contributed by atoms with Crippen molar-refractivity contribution < 1.29 is 34.7 Å². The van der Waals surface area contributed by atoms with Crippen molar-refractivity contribution in [1.29, 1.82) is 0 Å². The second kappa shape index (κ2) is 12.7. The summed E-state index contributed by atoms with van der Waals surface area (Å²) in [7, 11) is -0.491. The standard InChI is InChI=1S/C30H26FN5O6S2.2H2/c1-36(30(38)41-2)17-18-7-9-23(33-16-18)27-15-24-28(43-27)26(11-12-32-24)42-25-10-8-20(14-22(25)31)35-29(37)34-19-5-4-6-21(13-19)44(3,39)40;;/h4-16H,17H2,1-3H3,(H2,34,35,37);2*1H. The monoisotopic (exact) mass is 639 g/mol. The molecule has 0 spiro atoms. The van der Waals surface area contributed by atoms with Crippen molar-refractivity contribution in [3.63, 3.8) is 0 Å². The number of carbonyl (C=O) groups excluding carboxylic acids is 2. The molecule has 5 aromatic rings. The number of nitrogens with zero attached hydrogens (tertiary/aromatic N) is 3. The molecule has 11 nitrogen and oxygen atoms in total. The predicted octanol–water partition coefficient (Wildman–Crippen LogP) is 7.03. The second-order valence-corrected chi connectivity index (χ2v) is 12.7. The number of thiophene rings is 1. The van der Waals surface area contributed by atoms with Crippen LogP contribution in [0.4, 0.5) is 25.4 Å². The first-order valence-electron chi connectivity index (χ1n) is 13.0. The fourth-order valence-electron chi connectivity index (χ4n) is 4.16. The van der Waals surface area contributed by atoms with Crippen LogP contribution in [0.1, 0.15) is 8.42 Å². The van der Waals surface area contributed by atoms with Crippen molar-refractivity contribution in [3.8, 4) is 22.1 Å². The summed E-state index contributed by atoms with van der Waals surface area (Å²) in [5, 5.41) is 5.05. The number of ether oxygens (including phenoxy) is 2. The highest BCUT2D eigenvalue weighted by Crippen LogP contribution is 2.39. The number of benzene rings is 2. The molecule has 0 fully saturated rings. The Labute approximate surface area is 259 Å². The quantitative estimate of drug-likeness (QED) is 0.185. The lowest BCUT2D eigenvalue weighted by molar-refractivity contribution is 0.131. The van der Waals surface area contributed by atoms with E-state index in [-0.39, 0.29) is 24.9 Å². The highest BCUT2D eigenvalue weighted by Gasteiger charge is 2.16. The Morgan fingerprint density at radius 2 is 1.77 bits per heavy atom. The SMILES string of the molecule is COC(=O)N(C)Cc1ccc(-c2cc3nccc(Oc4ccc(NC(=O)Nc5cccc(S(C)(=O)=O)c5)cc4F)c3s2)nc1.[HH].[HH]. The molecule has 14 heteroatoms. The lowest BCUT2D eigenvalue weighted by atomic mass is 10.2. The number of fused-ring (bicyclic) bond motifs is 1. The molecule has 0 atom stereocenters. The number of aromatic nitrogens is 2. The molecule has 3 aromatic heterocycles. The van der Waals surface area contributed by atoms with Gasteiger partial charge < -0.3 is 25.0 Å². The van der Waals surface area contributed by atoms with Gasteiger partial charge in [-0.15, -0.1) is 11.3 Å². The van der Waals surface area contributed by atoms with Gasteiger partial charge >= 0.3 is 12.1 Å². The van der Waals surface area contributed by atoms with Gasteiger partial charge in [-0.25, -0.2) is 22.4 Å². The molecule has 0 aliphatic carbocycles. The topological polar surface area (TPSA) is 140 Å². The predicted molar refractivity (Wildman–Crippen MR) is 170 cm³/mol. The van der Waals surface area contributed by atoms with E-state index in [1.54, 1.807) is 25.5 Å². The van der Waals surface area contributed by atoms with Crippen molar-refractivity contribution in [1.82, 2.24) is 14.9 Å². The van der Waals surface area contributed by atoms with E-state index in [2.05, 4.69) is 20.6 Å². The molecule has 0 saturated carbocycles. The Morgan fingerprint density at radius 1 is 1.00 bits per heavy atom. The fourth-order valence-corrected chi connectivity index (χ4v) is 5.87. The Hall–Kier alpha value is -5.08. The lowest BCUT2D eigenvalue weighted by Gasteiger charge is -2.15. The summed E-state index contributed by atoms with van der Waals surface area (Å²) in [5.74, 6) is -0.375. The summed E-state index contributed by atoms with van der Waals surface area (Å²) in [6.45, 7) is 0.343.